The van der Waals surface area contributed by atoms with Crippen LogP contribution in [0.3, 0.4) is 0 Å². The quantitative estimate of drug-likeness (QED) is 0.787. The lowest BCUT2D eigenvalue weighted by Gasteiger charge is -2.09. The zero-order valence-corrected chi connectivity index (χ0v) is 12.1. The number of ether oxygens (including phenoxy) is 2. The van der Waals surface area contributed by atoms with Crippen LogP contribution >= 0.6 is 0 Å². The van der Waals surface area contributed by atoms with Crippen molar-refractivity contribution < 1.29 is 14.3 Å². The van der Waals surface area contributed by atoms with Gasteiger partial charge in [-0.1, -0.05) is 0 Å². The minimum atomic E-state index is 0.180. The number of carbonyl (C=O) groups excluding carboxylic acids is 1. The Morgan fingerprint density at radius 2 is 2.00 bits per heavy atom. The molecule has 0 amide bonds. The molecule has 20 heavy (non-hydrogen) atoms. The van der Waals surface area contributed by atoms with Gasteiger partial charge in [-0.25, -0.2) is 0 Å². The Kier molecular flexibility index (Phi) is 4.08. The highest BCUT2D eigenvalue weighted by atomic mass is 16.5. The SMILES string of the molecule is COc1ccc(OC)c(-c2nn(C(C)C)cc2C=O)c1. The van der Waals surface area contributed by atoms with Crippen LogP contribution in [-0.4, -0.2) is 30.3 Å². The van der Waals surface area contributed by atoms with E-state index in [2.05, 4.69) is 5.10 Å². The van der Waals surface area contributed by atoms with Crippen LogP contribution in [0.15, 0.2) is 24.4 Å². The maximum Gasteiger partial charge on any atom is 0.153 e. The summed E-state index contributed by atoms with van der Waals surface area (Å²) in [5.41, 5.74) is 1.88. The van der Waals surface area contributed by atoms with Gasteiger partial charge in [-0.2, -0.15) is 5.10 Å². The zero-order chi connectivity index (χ0) is 14.7. The van der Waals surface area contributed by atoms with Gasteiger partial charge in [-0.3, -0.25) is 9.48 Å². The predicted molar refractivity (Wildman–Crippen MR) is 76.5 cm³/mol. The lowest BCUT2D eigenvalue weighted by atomic mass is 10.1. The number of rotatable bonds is 5. The molecule has 1 heterocycles. The second-order valence-corrected chi connectivity index (χ2v) is 4.69. The lowest BCUT2D eigenvalue weighted by molar-refractivity contribution is 0.112. The summed E-state index contributed by atoms with van der Waals surface area (Å²) in [5, 5.41) is 4.48. The molecule has 0 fully saturated rings. The summed E-state index contributed by atoms with van der Waals surface area (Å²) in [4.78, 5) is 11.3. The maximum atomic E-state index is 11.3. The fourth-order valence-corrected chi connectivity index (χ4v) is 1.96. The molecule has 5 heteroatoms. The van der Waals surface area contributed by atoms with Crippen LogP contribution in [-0.2, 0) is 0 Å². The third-order valence-corrected chi connectivity index (χ3v) is 3.08. The van der Waals surface area contributed by atoms with Gasteiger partial charge in [-0.05, 0) is 32.0 Å². The topological polar surface area (TPSA) is 53.4 Å². The molecule has 1 aromatic carbocycles. The Morgan fingerprint density at radius 1 is 1.25 bits per heavy atom. The molecule has 0 spiro atoms. The van der Waals surface area contributed by atoms with Crippen molar-refractivity contribution in [2.24, 2.45) is 0 Å². The first-order valence-electron chi connectivity index (χ1n) is 6.37. The van der Waals surface area contributed by atoms with E-state index in [1.807, 2.05) is 26.0 Å². The van der Waals surface area contributed by atoms with Crippen molar-refractivity contribution >= 4 is 6.29 Å². The molecule has 0 saturated heterocycles. The van der Waals surface area contributed by atoms with Crippen LogP contribution in [0, 0.1) is 0 Å². The molecule has 0 aliphatic rings. The molecular weight excluding hydrogens is 256 g/mol. The van der Waals surface area contributed by atoms with Crippen molar-refractivity contribution in [3.63, 3.8) is 0 Å². The van der Waals surface area contributed by atoms with Crippen LogP contribution in [0.5, 0.6) is 11.5 Å². The number of aldehydes is 1. The van der Waals surface area contributed by atoms with Gasteiger partial charge >= 0.3 is 0 Å². The molecule has 2 aromatic rings. The highest BCUT2D eigenvalue weighted by Gasteiger charge is 2.16. The van der Waals surface area contributed by atoms with E-state index >= 15 is 0 Å². The molecule has 0 radical (unpaired) electrons. The normalized spacial score (nSPS) is 10.7. The Balaban J connectivity index is 2.62. The van der Waals surface area contributed by atoms with Crippen molar-refractivity contribution in [3.8, 4) is 22.8 Å². The summed E-state index contributed by atoms with van der Waals surface area (Å²) >= 11 is 0. The molecule has 0 saturated carbocycles. The Bertz CT molecular complexity index is 618. The van der Waals surface area contributed by atoms with Gasteiger partial charge in [0.1, 0.15) is 17.2 Å². The number of aromatic nitrogens is 2. The molecule has 0 unspecified atom stereocenters. The summed E-state index contributed by atoms with van der Waals surface area (Å²) in [6.07, 6.45) is 2.55. The second-order valence-electron chi connectivity index (χ2n) is 4.69. The molecule has 106 valence electrons. The van der Waals surface area contributed by atoms with Gasteiger partial charge < -0.3 is 9.47 Å². The van der Waals surface area contributed by atoms with Crippen LogP contribution in [0.1, 0.15) is 30.2 Å². The van der Waals surface area contributed by atoms with E-state index in [4.69, 9.17) is 9.47 Å². The standard InChI is InChI=1S/C15H18N2O3/c1-10(2)17-8-11(9-18)15(16-17)13-7-12(19-3)5-6-14(13)20-4/h5-10H,1-4H3. The van der Waals surface area contributed by atoms with Crippen molar-refractivity contribution in [1.82, 2.24) is 9.78 Å². The van der Waals surface area contributed by atoms with E-state index in [0.717, 1.165) is 11.8 Å². The molecular formula is C15H18N2O3. The van der Waals surface area contributed by atoms with Gasteiger partial charge in [0.15, 0.2) is 6.29 Å². The van der Waals surface area contributed by atoms with Crippen LogP contribution in [0.4, 0.5) is 0 Å². The summed E-state index contributed by atoms with van der Waals surface area (Å²) in [6, 6.07) is 5.61. The van der Waals surface area contributed by atoms with Crippen molar-refractivity contribution in [3.05, 3.63) is 30.0 Å². The first-order chi connectivity index (χ1) is 9.60. The van der Waals surface area contributed by atoms with Crippen molar-refractivity contribution in [2.75, 3.05) is 14.2 Å². The maximum absolute atomic E-state index is 11.3. The highest BCUT2D eigenvalue weighted by molar-refractivity contribution is 5.87. The third-order valence-electron chi connectivity index (χ3n) is 3.08. The monoisotopic (exact) mass is 274 g/mol. The van der Waals surface area contributed by atoms with Gasteiger partial charge in [0.2, 0.25) is 0 Å². The highest BCUT2D eigenvalue weighted by Crippen LogP contribution is 2.34. The smallest absolute Gasteiger partial charge is 0.153 e. The summed E-state index contributed by atoms with van der Waals surface area (Å²) in [7, 11) is 3.18. The summed E-state index contributed by atoms with van der Waals surface area (Å²) < 4.78 is 12.3. The van der Waals surface area contributed by atoms with Gasteiger partial charge in [0.25, 0.3) is 0 Å². The van der Waals surface area contributed by atoms with E-state index in [1.54, 1.807) is 31.2 Å². The Labute approximate surface area is 118 Å². The van der Waals surface area contributed by atoms with E-state index in [-0.39, 0.29) is 6.04 Å². The molecule has 5 nitrogen and oxygen atoms in total. The fraction of sp³-hybridized carbons (Fsp3) is 0.333. The average molecular weight is 274 g/mol. The van der Waals surface area contributed by atoms with Gasteiger partial charge in [0.05, 0.1) is 19.8 Å². The number of hydrogen-bond acceptors (Lipinski definition) is 4. The molecule has 0 aliphatic heterocycles. The van der Waals surface area contributed by atoms with Crippen LogP contribution < -0.4 is 9.47 Å². The molecule has 2 rings (SSSR count). The van der Waals surface area contributed by atoms with Crippen molar-refractivity contribution in [2.45, 2.75) is 19.9 Å². The minimum absolute atomic E-state index is 0.180. The number of methoxy groups -OCH3 is 2. The summed E-state index contributed by atoms with van der Waals surface area (Å²) in [6.45, 7) is 4.02. The van der Waals surface area contributed by atoms with Gasteiger partial charge in [0, 0.05) is 17.8 Å². The zero-order valence-electron chi connectivity index (χ0n) is 12.1. The van der Waals surface area contributed by atoms with Crippen molar-refractivity contribution in [1.29, 1.82) is 0 Å². The molecule has 0 bridgehead atoms. The third kappa shape index (κ3) is 2.52. The van der Waals surface area contributed by atoms with Gasteiger partial charge in [-0.15, -0.1) is 0 Å². The number of benzene rings is 1. The van der Waals surface area contributed by atoms with Crippen LogP contribution in [0.25, 0.3) is 11.3 Å². The Morgan fingerprint density at radius 3 is 2.55 bits per heavy atom. The first-order valence-corrected chi connectivity index (χ1v) is 6.37. The number of hydrogen-bond donors (Lipinski definition) is 0. The second kappa shape index (κ2) is 5.77. The first kappa shape index (κ1) is 14.1. The van der Waals surface area contributed by atoms with E-state index in [9.17, 15) is 4.79 Å². The largest absolute Gasteiger partial charge is 0.497 e. The lowest BCUT2D eigenvalue weighted by Crippen LogP contribution is -2.01. The summed E-state index contributed by atoms with van der Waals surface area (Å²) in [5.74, 6) is 1.35. The number of carbonyl (C=O) groups is 1. The Hall–Kier alpha value is -2.30. The number of nitrogens with zero attached hydrogens (tertiary/aromatic N) is 2. The van der Waals surface area contributed by atoms with E-state index in [0.29, 0.717) is 22.8 Å². The van der Waals surface area contributed by atoms with E-state index < -0.39 is 0 Å². The average Bonchev–Trinajstić information content (AvgIpc) is 2.90. The molecule has 0 atom stereocenters. The fourth-order valence-electron chi connectivity index (χ4n) is 1.96. The van der Waals surface area contributed by atoms with E-state index in [1.165, 1.54) is 0 Å². The minimum Gasteiger partial charge on any atom is -0.497 e. The molecule has 1 aromatic heterocycles. The predicted octanol–water partition coefficient (Wildman–Crippen LogP) is 2.96. The molecule has 0 N–H and O–H groups in total. The molecule has 0 aliphatic carbocycles. The van der Waals surface area contributed by atoms with Crippen LogP contribution in [0.2, 0.25) is 0 Å².